The highest BCUT2D eigenvalue weighted by Gasteiger charge is 2.38. The number of piperazine rings is 1. The Morgan fingerprint density at radius 3 is 2.56 bits per heavy atom. The van der Waals surface area contributed by atoms with E-state index >= 15 is 0 Å². The number of hydrogen-bond donors (Lipinski definition) is 1. The molecule has 1 saturated carbocycles. The summed E-state index contributed by atoms with van der Waals surface area (Å²) in [5.41, 5.74) is 3.50. The summed E-state index contributed by atoms with van der Waals surface area (Å²) in [5.74, 6) is -0.377. The van der Waals surface area contributed by atoms with Gasteiger partial charge in [0.1, 0.15) is 11.3 Å². The summed E-state index contributed by atoms with van der Waals surface area (Å²) >= 11 is 6.51. The average Bonchev–Trinajstić information content (AvgIpc) is 3.65. The van der Waals surface area contributed by atoms with Gasteiger partial charge in [0.2, 0.25) is 5.88 Å². The lowest BCUT2D eigenvalue weighted by Gasteiger charge is -2.43. The molecule has 1 unspecified atom stereocenters. The van der Waals surface area contributed by atoms with Crippen LogP contribution in [0.3, 0.4) is 0 Å². The Labute approximate surface area is 384 Å². The van der Waals surface area contributed by atoms with Crippen molar-refractivity contribution >= 4 is 39.7 Å². The highest BCUT2D eigenvalue weighted by molar-refractivity contribution is 7.75. The van der Waals surface area contributed by atoms with Crippen molar-refractivity contribution in [1.82, 2.24) is 24.9 Å². The van der Waals surface area contributed by atoms with E-state index in [0.717, 1.165) is 89.3 Å². The number of amides is 2. The summed E-state index contributed by atoms with van der Waals surface area (Å²) < 4.78 is 49.5. The largest absolute Gasteiger partial charge is 0.491 e. The molecule has 7 rings (SSSR count). The first-order valence-electron chi connectivity index (χ1n) is 22.6. The number of anilines is 1. The molecule has 1 N–H and O–H groups in total. The molecule has 3 aromatic rings. The van der Waals surface area contributed by atoms with Crippen LogP contribution in [0.15, 0.2) is 59.6 Å². The summed E-state index contributed by atoms with van der Waals surface area (Å²) in [7, 11) is 2.60. The topological polar surface area (TPSA) is 149 Å². The maximum atomic E-state index is 14.4. The van der Waals surface area contributed by atoms with Crippen molar-refractivity contribution in [3.63, 3.8) is 0 Å². The fourth-order valence-corrected chi connectivity index (χ4v) is 10.5. The lowest BCUT2D eigenvalue weighted by atomic mass is 9.70. The molecule has 17 heteroatoms. The molecule has 0 radical (unpaired) electrons. The van der Waals surface area contributed by atoms with Crippen molar-refractivity contribution in [3.8, 4) is 11.6 Å². The van der Waals surface area contributed by atoms with Gasteiger partial charge in [-0.25, -0.2) is 0 Å². The minimum absolute atomic E-state index is 0.0666. The molecule has 0 spiro atoms. The third kappa shape index (κ3) is 11.7. The summed E-state index contributed by atoms with van der Waals surface area (Å²) in [6.45, 7) is 16.2. The zero-order chi connectivity index (χ0) is 45.3. The molecule has 1 aliphatic carbocycles. The second-order valence-electron chi connectivity index (χ2n) is 17.5. The van der Waals surface area contributed by atoms with Gasteiger partial charge in [0, 0.05) is 76.8 Å². The van der Waals surface area contributed by atoms with Crippen LogP contribution in [0.5, 0.6) is 11.6 Å². The lowest BCUT2D eigenvalue weighted by molar-refractivity contribution is -0.0790. The van der Waals surface area contributed by atoms with Crippen molar-refractivity contribution in [2.24, 2.45) is 29.2 Å². The Bertz CT molecular complexity index is 2170. The maximum absolute atomic E-state index is 14.4. The van der Waals surface area contributed by atoms with E-state index in [1.54, 1.807) is 26.3 Å². The summed E-state index contributed by atoms with van der Waals surface area (Å²) in [6, 6.07) is 11.9. The van der Waals surface area contributed by atoms with Crippen LogP contribution in [0.25, 0.3) is 0 Å². The van der Waals surface area contributed by atoms with Gasteiger partial charge >= 0.3 is 0 Å². The van der Waals surface area contributed by atoms with Crippen molar-refractivity contribution in [3.05, 3.63) is 82.5 Å². The fraction of sp³-hybridized carbons (Fsp3) is 0.596. The molecule has 64 heavy (non-hydrogen) atoms. The number of fused-ring (bicyclic) bond motifs is 2. The van der Waals surface area contributed by atoms with Crippen molar-refractivity contribution < 1.29 is 37.5 Å². The van der Waals surface area contributed by atoms with E-state index in [0.29, 0.717) is 55.0 Å². The third-order valence-corrected chi connectivity index (χ3v) is 15.0. The zero-order valence-electron chi connectivity index (χ0n) is 37.9. The van der Waals surface area contributed by atoms with Crippen LogP contribution >= 0.6 is 11.6 Å². The first-order valence-corrected chi connectivity index (χ1v) is 24.2. The number of carbonyl (C=O) groups is 2. The van der Waals surface area contributed by atoms with E-state index in [-0.39, 0.29) is 23.1 Å². The van der Waals surface area contributed by atoms with Crippen LogP contribution in [-0.2, 0) is 49.0 Å². The number of methoxy groups -OCH3 is 2. The van der Waals surface area contributed by atoms with Crippen LogP contribution in [0, 0.1) is 17.8 Å². The molecule has 3 fully saturated rings. The lowest BCUT2D eigenvalue weighted by Crippen LogP contribution is -2.56. The molecule has 0 bridgehead atoms. The van der Waals surface area contributed by atoms with E-state index in [1.165, 1.54) is 23.6 Å². The predicted octanol–water partition coefficient (Wildman–Crippen LogP) is 6.13. The van der Waals surface area contributed by atoms with Crippen molar-refractivity contribution in [1.29, 1.82) is 0 Å². The Kier molecular flexibility index (Phi) is 16.8. The second-order valence-corrected chi connectivity index (χ2v) is 19.2. The average molecular weight is 924 g/mol. The zero-order valence-corrected chi connectivity index (χ0v) is 39.5. The number of benzene rings is 2. The molecule has 1 aromatic heterocycles. The molecular formula is C47H65ClN7O8S-. The van der Waals surface area contributed by atoms with Gasteiger partial charge in [0.05, 0.1) is 57.5 Å². The minimum atomic E-state index is -2.23. The number of nitrogens with zero attached hydrogens (tertiary/aromatic N) is 6. The number of aromatic nitrogens is 2. The van der Waals surface area contributed by atoms with Gasteiger partial charge in [0.15, 0.2) is 0 Å². The van der Waals surface area contributed by atoms with Crippen LogP contribution in [0.1, 0.15) is 71.4 Å². The van der Waals surface area contributed by atoms with E-state index in [1.807, 2.05) is 32.1 Å². The molecule has 15 nitrogen and oxygen atoms in total. The molecule has 2 amide bonds. The van der Waals surface area contributed by atoms with Gasteiger partial charge in [-0.1, -0.05) is 30.7 Å². The summed E-state index contributed by atoms with van der Waals surface area (Å²) in [6.07, 6.45) is 7.59. The molecule has 2 saturated heterocycles. The van der Waals surface area contributed by atoms with E-state index in [4.69, 9.17) is 35.3 Å². The minimum Gasteiger partial charge on any atom is -0.491 e. The number of nitrogens with one attached hydrogen (secondary N) is 1. The van der Waals surface area contributed by atoms with Crippen LogP contribution in [-0.4, -0.2) is 135 Å². The predicted molar refractivity (Wildman–Crippen MR) is 248 cm³/mol. The number of halogens is 1. The van der Waals surface area contributed by atoms with Gasteiger partial charge in [-0.2, -0.15) is 10.6 Å². The summed E-state index contributed by atoms with van der Waals surface area (Å²) in [4.78, 5) is 35.2. The van der Waals surface area contributed by atoms with Crippen LogP contribution < -0.4 is 19.7 Å². The molecule has 2 aromatic carbocycles. The van der Waals surface area contributed by atoms with Gasteiger partial charge in [-0.15, -0.1) is 11.7 Å². The van der Waals surface area contributed by atoms with E-state index in [9.17, 15) is 13.8 Å². The first-order chi connectivity index (χ1) is 31.0. The first kappa shape index (κ1) is 47.9. The van der Waals surface area contributed by atoms with E-state index < -0.39 is 39.8 Å². The maximum Gasteiger partial charge on any atom is 0.257 e. The second kappa shape index (κ2) is 22.4. The molecular weight excluding hydrogens is 858 g/mol. The Morgan fingerprint density at radius 2 is 1.88 bits per heavy atom. The van der Waals surface area contributed by atoms with Crippen LogP contribution in [0.4, 0.5) is 5.69 Å². The van der Waals surface area contributed by atoms with Gasteiger partial charge in [-0.05, 0) is 104 Å². The molecule has 350 valence electrons. The summed E-state index contributed by atoms with van der Waals surface area (Å²) in [5, 5.41) is 6.73. The van der Waals surface area contributed by atoms with Gasteiger partial charge < -0.3 is 42.5 Å². The highest BCUT2D eigenvalue weighted by atomic mass is 35.5. The molecule has 4 aliphatic rings. The Morgan fingerprint density at radius 1 is 1.08 bits per heavy atom. The number of hydrogen-bond acceptors (Lipinski definition) is 13. The molecule has 4 heterocycles. The van der Waals surface area contributed by atoms with Gasteiger partial charge in [-0.3, -0.25) is 24.1 Å². The highest BCUT2D eigenvalue weighted by Crippen LogP contribution is 2.42. The molecule has 6 atom stereocenters. The quantitative estimate of drug-likeness (QED) is 0.123. The number of rotatable bonds is 17. The number of ether oxygens (including phenoxy) is 5. The SMILES string of the molecule is C=C[C@H](OC)[C@@H]1CC[C@H]1CN1Cc2ccc(Cl)cc2CCCCOc2ccc(C(=O)N=[S-](=O)C(NC(=O)c3cn(C)nc3OC)[C@@H](C)[C@H](C)OCCN3CCN(C4COC4)CC3)cc21. The number of carbonyl (C=O) groups excluding carboxylic acids is 2. The monoisotopic (exact) mass is 922 g/mol. The fourth-order valence-electron chi connectivity index (χ4n) is 9.13. The van der Waals surface area contributed by atoms with Crippen molar-refractivity contribution in [2.45, 2.75) is 76.1 Å². The Balaban J connectivity index is 1.14. The van der Waals surface area contributed by atoms with Crippen LogP contribution in [0.2, 0.25) is 5.02 Å². The Hall–Kier alpha value is -4.03. The third-order valence-electron chi connectivity index (χ3n) is 13.5. The van der Waals surface area contributed by atoms with E-state index in [2.05, 4.69) is 48.2 Å². The van der Waals surface area contributed by atoms with Crippen molar-refractivity contribution in [2.75, 3.05) is 84.8 Å². The molecule has 3 aliphatic heterocycles. The van der Waals surface area contributed by atoms with Gasteiger partial charge in [0.25, 0.3) is 11.8 Å². The smallest absolute Gasteiger partial charge is 0.257 e. The normalized spacial score (nSPS) is 22.2. The number of aryl methyl sites for hydroxylation is 2. The standard InChI is InChI=1S/C47H65ClN7O8S/c1-7-42(59-5)39-15-12-36(39)27-55-26-35-11-14-37(48)24-33(35)10-8-9-22-63-43-16-13-34(25-41(43)55)44(56)51-64(58)47(49-45(57)40-28-52(4)50-46(40)60-6)31(2)32(3)62-23-21-53-17-19-54(20-18-53)38-29-61-30-38/h7,11,13-14,16,24-25,28,31-32,36,38-39,42,47H,1,8-10,12,15,17-23,26-27,29-30H2,2-6H3,(H,49,57)/q-1/t31-,32-,36-,39+,42-,47?/m0/s1.